The molecule has 1 heterocycles. The third-order valence-corrected chi connectivity index (χ3v) is 4.57. The van der Waals surface area contributed by atoms with Crippen molar-refractivity contribution in [3.05, 3.63) is 35.1 Å². The van der Waals surface area contributed by atoms with Crippen LogP contribution < -0.4 is 0 Å². The van der Waals surface area contributed by atoms with Crippen LogP contribution in [0.3, 0.4) is 0 Å². The normalized spacial score (nSPS) is 27.3. The zero-order valence-electron chi connectivity index (χ0n) is 8.58. The molecule has 1 aliphatic rings. The first-order chi connectivity index (χ1) is 7.75. The lowest BCUT2D eigenvalue weighted by atomic mass is 9.93. The van der Waals surface area contributed by atoms with Gasteiger partial charge in [0.25, 0.3) is 0 Å². The summed E-state index contributed by atoms with van der Waals surface area (Å²) in [5, 5.41) is 9.99. The summed E-state index contributed by atoms with van der Waals surface area (Å²) < 4.78 is 61.6. The number of rotatable bonds is 1. The van der Waals surface area contributed by atoms with Crippen molar-refractivity contribution in [2.24, 2.45) is 0 Å². The molecular weight excluding hydrogens is 257 g/mol. The van der Waals surface area contributed by atoms with Crippen LogP contribution >= 0.6 is 0 Å². The monoisotopic (exact) mass is 266 g/mol. The summed E-state index contributed by atoms with van der Waals surface area (Å²) in [6, 6.07) is 1.53. The van der Waals surface area contributed by atoms with E-state index in [1.165, 1.54) is 0 Å². The number of hydrogen-bond acceptors (Lipinski definition) is 3. The molecule has 1 unspecified atom stereocenters. The largest absolute Gasteiger partial charge is 0.384 e. The van der Waals surface area contributed by atoms with Crippen LogP contribution in [0.2, 0.25) is 0 Å². The van der Waals surface area contributed by atoms with E-state index in [-0.39, 0.29) is 12.2 Å². The Labute approximate surface area is 95.8 Å². The first-order valence-corrected chi connectivity index (χ1v) is 6.64. The smallest absolute Gasteiger partial charge is 0.194 e. The molecule has 17 heavy (non-hydrogen) atoms. The van der Waals surface area contributed by atoms with Crippen LogP contribution in [0.25, 0.3) is 0 Å². The van der Waals surface area contributed by atoms with E-state index in [9.17, 15) is 26.7 Å². The van der Waals surface area contributed by atoms with E-state index in [1.54, 1.807) is 0 Å². The van der Waals surface area contributed by atoms with Crippen molar-refractivity contribution in [1.82, 2.24) is 0 Å². The van der Waals surface area contributed by atoms with Crippen LogP contribution in [0, 0.1) is 17.5 Å². The Kier molecular flexibility index (Phi) is 2.70. The fourth-order valence-corrected chi connectivity index (χ4v) is 3.75. The van der Waals surface area contributed by atoms with Gasteiger partial charge in [-0.15, -0.1) is 0 Å². The first kappa shape index (κ1) is 12.4. The van der Waals surface area contributed by atoms with Gasteiger partial charge >= 0.3 is 0 Å². The van der Waals surface area contributed by atoms with Gasteiger partial charge in [-0.05, 0) is 12.5 Å². The Bertz CT molecular complexity index is 570. The van der Waals surface area contributed by atoms with Crippen molar-refractivity contribution in [3.63, 3.8) is 0 Å². The van der Waals surface area contributed by atoms with Crippen LogP contribution in [0.1, 0.15) is 12.0 Å². The van der Waals surface area contributed by atoms with Crippen molar-refractivity contribution < 1.29 is 26.7 Å². The molecule has 0 saturated carbocycles. The fourth-order valence-electron chi connectivity index (χ4n) is 1.93. The molecule has 1 aliphatic heterocycles. The van der Waals surface area contributed by atoms with Gasteiger partial charge in [-0.25, -0.2) is 21.6 Å². The van der Waals surface area contributed by atoms with Crippen LogP contribution in [0.5, 0.6) is 0 Å². The van der Waals surface area contributed by atoms with E-state index in [4.69, 9.17) is 0 Å². The minimum atomic E-state index is -3.47. The molecule has 94 valence electrons. The average Bonchev–Trinajstić information content (AvgIpc) is 2.50. The average molecular weight is 266 g/mol. The molecule has 1 aromatic carbocycles. The first-order valence-electron chi connectivity index (χ1n) is 4.82. The molecule has 0 aliphatic carbocycles. The van der Waals surface area contributed by atoms with E-state index in [1.807, 2.05) is 0 Å². The third kappa shape index (κ3) is 2.04. The van der Waals surface area contributed by atoms with Crippen molar-refractivity contribution in [1.29, 1.82) is 0 Å². The summed E-state index contributed by atoms with van der Waals surface area (Å²) in [5.41, 5.74) is -2.49. The van der Waals surface area contributed by atoms with Crippen molar-refractivity contribution in [2.75, 3.05) is 11.5 Å². The summed E-state index contributed by atoms with van der Waals surface area (Å²) in [7, 11) is -3.47. The van der Waals surface area contributed by atoms with Gasteiger partial charge in [0.1, 0.15) is 5.60 Å². The molecule has 0 spiro atoms. The summed E-state index contributed by atoms with van der Waals surface area (Å²) in [6.45, 7) is 0. The molecule has 1 N–H and O–H groups in total. The molecule has 3 nitrogen and oxygen atoms in total. The molecule has 1 aromatic rings. The molecule has 0 amide bonds. The molecular formula is C10H9F3O3S. The Morgan fingerprint density at radius 3 is 2.35 bits per heavy atom. The maximum atomic E-state index is 13.4. The molecule has 7 heteroatoms. The van der Waals surface area contributed by atoms with Gasteiger partial charge in [0, 0.05) is 5.56 Å². The predicted octanol–water partition coefficient (Wildman–Crippen LogP) is 1.11. The number of aliphatic hydroxyl groups is 1. The lowest BCUT2D eigenvalue weighted by Crippen LogP contribution is -2.28. The molecule has 0 radical (unpaired) electrons. The lowest BCUT2D eigenvalue weighted by Gasteiger charge is -2.21. The Balaban J connectivity index is 2.52. The molecule has 0 bridgehead atoms. The van der Waals surface area contributed by atoms with E-state index in [0.29, 0.717) is 6.07 Å². The minimum absolute atomic E-state index is 0.225. The number of sulfone groups is 1. The molecule has 1 atom stereocenters. The van der Waals surface area contributed by atoms with E-state index in [0.717, 1.165) is 6.07 Å². The standard InChI is InChI=1S/C10H9F3O3S/c11-7-2-1-6(8(12)9(7)13)10(14)3-4-17(15,16)5-10/h1-2,14H,3-5H2. The predicted molar refractivity (Wildman–Crippen MR) is 53.5 cm³/mol. The summed E-state index contributed by atoms with van der Waals surface area (Å²) in [4.78, 5) is 0. The van der Waals surface area contributed by atoms with Gasteiger partial charge < -0.3 is 5.11 Å². The Morgan fingerprint density at radius 2 is 1.82 bits per heavy atom. The molecule has 1 saturated heterocycles. The highest BCUT2D eigenvalue weighted by Crippen LogP contribution is 2.35. The SMILES string of the molecule is O=S1(=O)CCC(O)(c2ccc(F)c(F)c2F)C1. The highest BCUT2D eigenvalue weighted by atomic mass is 32.2. The topological polar surface area (TPSA) is 54.4 Å². The highest BCUT2D eigenvalue weighted by Gasteiger charge is 2.44. The quantitative estimate of drug-likeness (QED) is 0.775. The lowest BCUT2D eigenvalue weighted by molar-refractivity contribution is 0.0603. The van der Waals surface area contributed by atoms with Gasteiger partial charge in [0.15, 0.2) is 27.3 Å². The maximum absolute atomic E-state index is 13.4. The van der Waals surface area contributed by atoms with Crippen LogP contribution in [-0.2, 0) is 15.4 Å². The second kappa shape index (κ2) is 3.71. The van der Waals surface area contributed by atoms with Gasteiger partial charge in [-0.3, -0.25) is 0 Å². The van der Waals surface area contributed by atoms with E-state index >= 15 is 0 Å². The summed E-state index contributed by atoms with van der Waals surface area (Å²) in [5.74, 6) is -5.61. The van der Waals surface area contributed by atoms with E-state index < -0.39 is 44.2 Å². The van der Waals surface area contributed by atoms with Gasteiger partial charge in [-0.2, -0.15) is 0 Å². The van der Waals surface area contributed by atoms with Crippen molar-refractivity contribution in [3.8, 4) is 0 Å². The summed E-state index contributed by atoms with van der Waals surface area (Å²) in [6.07, 6.45) is -0.225. The zero-order chi connectivity index (χ0) is 12.8. The minimum Gasteiger partial charge on any atom is -0.384 e. The molecule has 1 fully saturated rings. The molecule has 2 rings (SSSR count). The van der Waals surface area contributed by atoms with Gasteiger partial charge in [-0.1, -0.05) is 6.07 Å². The van der Waals surface area contributed by atoms with Crippen molar-refractivity contribution in [2.45, 2.75) is 12.0 Å². The van der Waals surface area contributed by atoms with Gasteiger partial charge in [0.05, 0.1) is 11.5 Å². The fraction of sp³-hybridized carbons (Fsp3) is 0.400. The summed E-state index contributed by atoms with van der Waals surface area (Å²) >= 11 is 0. The van der Waals surface area contributed by atoms with E-state index in [2.05, 4.69) is 0 Å². The van der Waals surface area contributed by atoms with Crippen LogP contribution in [0.15, 0.2) is 12.1 Å². The maximum Gasteiger partial charge on any atom is 0.194 e. The van der Waals surface area contributed by atoms with Crippen LogP contribution in [-0.4, -0.2) is 25.0 Å². The van der Waals surface area contributed by atoms with Crippen molar-refractivity contribution >= 4 is 9.84 Å². The number of hydrogen-bond donors (Lipinski definition) is 1. The third-order valence-electron chi connectivity index (χ3n) is 2.82. The number of halogens is 3. The number of benzene rings is 1. The Morgan fingerprint density at radius 1 is 1.18 bits per heavy atom. The molecule has 0 aromatic heterocycles. The second-order valence-electron chi connectivity index (χ2n) is 4.10. The second-order valence-corrected chi connectivity index (χ2v) is 6.28. The van der Waals surface area contributed by atoms with Gasteiger partial charge in [0.2, 0.25) is 0 Å². The highest BCUT2D eigenvalue weighted by molar-refractivity contribution is 7.91. The zero-order valence-corrected chi connectivity index (χ0v) is 9.40. The Hall–Kier alpha value is -1.08. The van der Waals surface area contributed by atoms with Crippen LogP contribution in [0.4, 0.5) is 13.2 Å².